The second kappa shape index (κ2) is 12.4. The van der Waals surface area contributed by atoms with E-state index in [4.69, 9.17) is 0 Å². The second-order valence-electron chi connectivity index (χ2n) is 14.4. The van der Waals surface area contributed by atoms with Crippen LogP contribution >= 0.6 is 22.7 Å². The molecular formula is C52H32N2S2. The lowest BCUT2D eigenvalue weighted by Crippen LogP contribution is -2.11. The molecule has 0 fully saturated rings. The van der Waals surface area contributed by atoms with Gasteiger partial charge in [0.1, 0.15) is 0 Å². The molecule has 0 amide bonds. The van der Waals surface area contributed by atoms with Crippen LogP contribution < -0.4 is 9.80 Å². The zero-order valence-corrected chi connectivity index (χ0v) is 31.8. The van der Waals surface area contributed by atoms with Gasteiger partial charge in [0.2, 0.25) is 0 Å². The van der Waals surface area contributed by atoms with E-state index in [0.717, 1.165) is 11.4 Å². The van der Waals surface area contributed by atoms with Gasteiger partial charge in [-0.25, -0.2) is 0 Å². The molecule has 0 spiro atoms. The van der Waals surface area contributed by atoms with Gasteiger partial charge in [0, 0.05) is 53.1 Å². The van der Waals surface area contributed by atoms with E-state index in [1.54, 1.807) is 0 Å². The molecule has 0 bridgehead atoms. The van der Waals surface area contributed by atoms with Crippen LogP contribution in [0.15, 0.2) is 194 Å². The summed E-state index contributed by atoms with van der Waals surface area (Å²) in [7, 11) is 0. The van der Waals surface area contributed by atoms with Crippen LogP contribution in [-0.4, -0.2) is 0 Å². The first kappa shape index (κ1) is 31.6. The minimum absolute atomic E-state index is 1.14. The monoisotopic (exact) mass is 748 g/mol. The Bertz CT molecular complexity index is 3210. The molecule has 0 N–H and O–H groups in total. The molecule has 56 heavy (non-hydrogen) atoms. The highest BCUT2D eigenvalue weighted by molar-refractivity contribution is 7.26. The Hall–Kier alpha value is -6.72. The predicted molar refractivity (Wildman–Crippen MR) is 245 cm³/mol. The first-order chi connectivity index (χ1) is 27.8. The average molecular weight is 749 g/mol. The van der Waals surface area contributed by atoms with Crippen molar-refractivity contribution >= 4 is 129 Å². The Morgan fingerprint density at radius 1 is 0.268 bits per heavy atom. The van der Waals surface area contributed by atoms with E-state index in [0.29, 0.717) is 0 Å². The van der Waals surface area contributed by atoms with Gasteiger partial charge < -0.3 is 9.80 Å². The topological polar surface area (TPSA) is 6.48 Å². The van der Waals surface area contributed by atoms with Crippen molar-refractivity contribution in [3.05, 3.63) is 194 Å². The third kappa shape index (κ3) is 4.67. The van der Waals surface area contributed by atoms with Crippen LogP contribution in [0.4, 0.5) is 34.1 Å². The first-order valence-electron chi connectivity index (χ1n) is 19.0. The number of anilines is 6. The zero-order valence-electron chi connectivity index (χ0n) is 30.2. The molecule has 0 saturated carbocycles. The highest BCUT2D eigenvalue weighted by Gasteiger charge is 2.24. The number of para-hydroxylation sites is 2. The summed E-state index contributed by atoms with van der Waals surface area (Å²) in [6, 6.07) is 71.4. The normalized spacial score (nSPS) is 11.9. The lowest BCUT2D eigenvalue weighted by molar-refractivity contribution is 1.31. The van der Waals surface area contributed by atoms with Crippen LogP contribution in [0.3, 0.4) is 0 Å². The van der Waals surface area contributed by atoms with E-state index in [-0.39, 0.29) is 0 Å². The van der Waals surface area contributed by atoms with Crippen molar-refractivity contribution in [3.8, 4) is 0 Å². The minimum atomic E-state index is 1.14. The summed E-state index contributed by atoms with van der Waals surface area (Å²) >= 11 is 3.75. The molecule has 0 aliphatic heterocycles. The molecule has 10 aromatic carbocycles. The Morgan fingerprint density at radius 3 is 1.12 bits per heavy atom. The second-order valence-corrected chi connectivity index (χ2v) is 16.5. The molecule has 262 valence electrons. The van der Waals surface area contributed by atoms with Crippen molar-refractivity contribution in [1.82, 2.24) is 0 Å². The molecule has 0 aliphatic rings. The molecule has 12 aromatic rings. The molecule has 0 atom stereocenters. The summed E-state index contributed by atoms with van der Waals surface area (Å²) < 4.78 is 5.19. The van der Waals surface area contributed by atoms with Gasteiger partial charge in [0.25, 0.3) is 0 Å². The van der Waals surface area contributed by atoms with E-state index in [1.165, 1.54) is 95.4 Å². The van der Waals surface area contributed by atoms with Gasteiger partial charge >= 0.3 is 0 Å². The third-order valence-corrected chi connectivity index (χ3v) is 13.8. The largest absolute Gasteiger partial charge is 0.308 e. The van der Waals surface area contributed by atoms with E-state index in [2.05, 4.69) is 204 Å². The number of hydrogen-bond donors (Lipinski definition) is 0. The molecule has 12 rings (SSSR count). The summed E-state index contributed by atoms with van der Waals surface area (Å²) in [5, 5.41) is 12.7. The van der Waals surface area contributed by atoms with Crippen LogP contribution in [0.5, 0.6) is 0 Å². The smallest absolute Gasteiger partial charge is 0.0640 e. The number of fused-ring (bicyclic) bond motifs is 6. The molecule has 2 aromatic heterocycles. The van der Waals surface area contributed by atoms with Gasteiger partial charge in [-0.3, -0.25) is 0 Å². The van der Waals surface area contributed by atoms with E-state index >= 15 is 0 Å². The summed E-state index contributed by atoms with van der Waals surface area (Å²) in [5.74, 6) is 0. The highest BCUT2D eigenvalue weighted by Crippen LogP contribution is 2.51. The van der Waals surface area contributed by atoms with Gasteiger partial charge in [-0.1, -0.05) is 133 Å². The highest BCUT2D eigenvalue weighted by atomic mass is 32.1. The Balaban J connectivity index is 1.13. The predicted octanol–water partition coefficient (Wildman–Crippen LogP) is 16.3. The van der Waals surface area contributed by atoms with Crippen molar-refractivity contribution in [2.45, 2.75) is 0 Å². The number of hydrogen-bond acceptors (Lipinski definition) is 4. The van der Waals surface area contributed by atoms with E-state index in [9.17, 15) is 0 Å². The van der Waals surface area contributed by atoms with E-state index in [1.807, 2.05) is 22.7 Å². The maximum absolute atomic E-state index is 2.48. The first-order valence-corrected chi connectivity index (χ1v) is 20.6. The average Bonchev–Trinajstić information content (AvgIpc) is 3.84. The van der Waals surface area contributed by atoms with Gasteiger partial charge in [-0.15, -0.1) is 22.7 Å². The fourth-order valence-corrected chi connectivity index (χ4v) is 11.4. The fraction of sp³-hybridized carbons (Fsp3) is 0. The van der Waals surface area contributed by atoms with Crippen molar-refractivity contribution in [1.29, 1.82) is 0 Å². The maximum atomic E-state index is 2.48. The minimum Gasteiger partial charge on any atom is -0.308 e. The maximum Gasteiger partial charge on any atom is 0.0640 e. The van der Waals surface area contributed by atoms with Crippen LogP contribution in [-0.2, 0) is 0 Å². The zero-order chi connectivity index (χ0) is 36.7. The Kier molecular flexibility index (Phi) is 7.00. The number of rotatable bonds is 6. The number of thiophene rings is 2. The van der Waals surface area contributed by atoms with Crippen LogP contribution in [0.2, 0.25) is 0 Å². The molecule has 0 aliphatic carbocycles. The molecule has 2 nitrogen and oxygen atoms in total. The fourth-order valence-electron chi connectivity index (χ4n) is 8.95. The molecule has 4 heteroatoms. The summed E-state index contributed by atoms with van der Waals surface area (Å²) in [5.41, 5.74) is 7.00. The summed E-state index contributed by atoms with van der Waals surface area (Å²) in [6.07, 6.45) is 0. The number of nitrogens with zero attached hydrogens (tertiary/aromatic N) is 2. The quantitative estimate of drug-likeness (QED) is 0.156. The summed E-state index contributed by atoms with van der Waals surface area (Å²) in [6.45, 7) is 0. The van der Waals surface area contributed by atoms with Crippen LogP contribution in [0.1, 0.15) is 0 Å². The third-order valence-electron chi connectivity index (χ3n) is 11.4. The van der Waals surface area contributed by atoms with Gasteiger partial charge in [-0.2, -0.15) is 0 Å². The van der Waals surface area contributed by atoms with Crippen molar-refractivity contribution in [3.63, 3.8) is 0 Å². The molecule has 0 saturated heterocycles. The van der Waals surface area contributed by atoms with Crippen LogP contribution in [0, 0.1) is 0 Å². The van der Waals surface area contributed by atoms with E-state index < -0.39 is 0 Å². The van der Waals surface area contributed by atoms with Crippen molar-refractivity contribution in [2.24, 2.45) is 0 Å². The number of benzene rings is 10. The lowest BCUT2D eigenvalue weighted by Gasteiger charge is -2.30. The van der Waals surface area contributed by atoms with Crippen LogP contribution in [0.25, 0.3) is 72.7 Å². The van der Waals surface area contributed by atoms with Gasteiger partial charge in [0.15, 0.2) is 0 Å². The lowest BCUT2D eigenvalue weighted by atomic mass is 9.91. The molecular weight excluding hydrogens is 717 g/mol. The Morgan fingerprint density at radius 2 is 0.661 bits per heavy atom. The molecule has 0 radical (unpaired) electrons. The molecule has 2 heterocycles. The standard InChI is InChI=1S/C52H32N2S2/c1-3-13-35(14-4-1)53(45-21-11-19-39-37-17-7-9-23-47(37)55-51(39)45)43-31-27-33-25-26-34-28-32-44(42-30-29-41(43)49(33)50(34)42)54(36-15-5-2-6-16-36)46-22-12-20-40-38-18-8-10-24-48(38)56-52(40)46/h1-32H. The molecule has 0 unspecified atom stereocenters. The van der Waals surface area contributed by atoms with Crippen molar-refractivity contribution < 1.29 is 0 Å². The van der Waals surface area contributed by atoms with Crippen molar-refractivity contribution in [2.75, 3.05) is 9.80 Å². The Labute approximate surface area is 331 Å². The summed E-state index contributed by atoms with van der Waals surface area (Å²) in [4.78, 5) is 4.95. The SMILES string of the molecule is c1ccc(N(c2ccc3ccc4ccc(N(c5ccccc5)c5cccc6c5sc5ccccc56)c5ccc2c3c45)c2cccc3c2sc2ccccc23)cc1. The van der Waals surface area contributed by atoms with Gasteiger partial charge in [-0.05, 0) is 82.2 Å². The van der Waals surface area contributed by atoms with Gasteiger partial charge in [0.05, 0.1) is 32.1 Å².